The lowest BCUT2D eigenvalue weighted by Gasteiger charge is -2.20. The summed E-state index contributed by atoms with van der Waals surface area (Å²) >= 11 is 3.47. The molecule has 0 fully saturated rings. The smallest absolute Gasteiger partial charge is 0.0744 e. The van der Waals surface area contributed by atoms with Crippen LogP contribution in [0.1, 0.15) is 18.9 Å². The lowest BCUT2D eigenvalue weighted by atomic mass is 9.97. The lowest BCUT2D eigenvalue weighted by Crippen LogP contribution is -2.34. The number of hydrogen-bond acceptors (Lipinski definition) is 2. The van der Waals surface area contributed by atoms with Crippen molar-refractivity contribution < 1.29 is 5.11 Å². The molecule has 0 saturated carbocycles. The molecule has 1 rings (SSSR count). The van der Waals surface area contributed by atoms with E-state index in [1.807, 2.05) is 18.2 Å². The fraction of sp³-hybridized carbons (Fsp3) is 0.455. The molecule has 0 amide bonds. The van der Waals surface area contributed by atoms with Crippen LogP contribution in [0.3, 0.4) is 0 Å². The molecule has 0 aliphatic rings. The Morgan fingerprint density at radius 1 is 1.43 bits per heavy atom. The summed E-state index contributed by atoms with van der Waals surface area (Å²) < 4.78 is 1.09. The van der Waals surface area contributed by atoms with E-state index in [1.54, 1.807) is 6.92 Å². The Labute approximate surface area is 93.3 Å². The second-order valence-electron chi connectivity index (χ2n) is 3.79. The molecule has 1 atom stereocenters. The molecule has 3 N–H and O–H groups in total. The Bertz CT molecular complexity index is 299. The summed E-state index contributed by atoms with van der Waals surface area (Å²) in [6.07, 6.45) is 1.53. The molecule has 0 aliphatic carbocycles. The number of hydrogen-bond donors (Lipinski definition) is 2. The highest BCUT2D eigenvalue weighted by atomic mass is 79.9. The number of rotatable bonds is 4. The predicted molar refractivity (Wildman–Crippen MR) is 62.1 cm³/mol. The fourth-order valence-electron chi connectivity index (χ4n) is 1.21. The first-order valence-electron chi connectivity index (χ1n) is 4.71. The fourth-order valence-corrected chi connectivity index (χ4v) is 1.69. The van der Waals surface area contributed by atoms with Crippen molar-refractivity contribution in [2.24, 2.45) is 5.73 Å². The topological polar surface area (TPSA) is 46.2 Å². The lowest BCUT2D eigenvalue weighted by molar-refractivity contribution is 0.0603. The molecule has 0 bridgehead atoms. The third-order valence-electron chi connectivity index (χ3n) is 2.33. The maximum atomic E-state index is 9.74. The molecular weight excluding hydrogens is 242 g/mol. The van der Waals surface area contributed by atoms with Crippen molar-refractivity contribution in [2.75, 3.05) is 6.54 Å². The van der Waals surface area contributed by atoms with Crippen molar-refractivity contribution in [3.63, 3.8) is 0 Å². The summed E-state index contributed by atoms with van der Waals surface area (Å²) in [6, 6.07) is 8.04. The largest absolute Gasteiger partial charge is 0.389 e. The second kappa shape index (κ2) is 4.91. The number of aliphatic hydroxyl groups is 1. The average molecular weight is 258 g/mol. The highest BCUT2D eigenvalue weighted by molar-refractivity contribution is 9.10. The molecule has 0 saturated heterocycles. The molecule has 3 heteroatoms. The van der Waals surface area contributed by atoms with Crippen molar-refractivity contribution >= 4 is 15.9 Å². The maximum absolute atomic E-state index is 9.74. The van der Waals surface area contributed by atoms with E-state index >= 15 is 0 Å². The summed E-state index contributed by atoms with van der Waals surface area (Å²) in [6.45, 7) is 2.07. The standard InChI is InChI=1S/C11H16BrNO/c1-11(14,8-13)7-6-9-4-2-3-5-10(9)12/h2-5,14H,6-8,13H2,1H3. The van der Waals surface area contributed by atoms with E-state index in [0.717, 1.165) is 10.9 Å². The van der Waals surface area contributed by atoms with Crippen molar-refractivity contribution in [1.82, 2.24) is 0 Å². The van der Waals surface area contributed by atoms with E-state index in [9.17, 15) is 5.11 Å². The van der Waals surface area contributed by atoms with Gasteiger partial charge >= 0.3 is 0 Å². The van der Waals surface area contributed by atoms with Crippen LogP contribution in [0.25, 0.3) is 0 Å². The van der Waals surface area contributed by atoms with Gasteiger partial charge in [0.1, 0.15) is 0 Å². The third kappa shape index (κ3) is 3.40. The molecule has 14 heavy (non-hydrogen) atoms. The van der Waals surface area contributed by atoms with Gasteiger partial charge in [0.15, 0.2) is 0 Å². The van der Waals surface area contributed by atoms with Crippen molar-refractivity contribution in [2.45, 2.75) is 25.4 Å². The first-order chi connectivity index (χ1) is 6.55. The molecule has 1 aromatic rings. The molecule has 0 heterocycles. The quantitative estimate of drug-likeness (QED) is 0.868. The van der Waals surface area contributed by atoms with E-state index in [1.165, 1.54) is 5.56 Å². The second-order valence-corrected chi connectivity index (χ2v) is 4.65. The molecule has 1 aromatic carbocycles. The highest BCUT2D eigenvalue weighted by Crippen LogP contribution is 2.20. The molecule has 2 nitrogen and oxygen atoms in total. The Morgan fingerprint density at radius 2 is 2.07 bits per heavy atom. The van der Waals surface area contributed by atoms with E-state index < -0.39 is 5.60 Å². The van der Waals surface area contributed by atoms with Gasteiger partial charge in [0, 0.05) is 11.0 Å². The number of benzene rings is 1. The van der Waals surface area contributed by atoms with Gasteiger partial charge in [0.2, 0.25) is 0 Å². The van der Waals surface area contributed by atoms with Gasteiger partial charge in [-0.3, -0.25) is 0 Å². The van der Waals surface area contributed by atoms with Crippen LogP contribution in [0.5, 0.6) is 0 Å². The van der Waals surface area contributed by atoms with Gasteiger partial charge in [0.25, 0.3) is 0 Å². The van der Waals surface area contributed by atoms with Crippen LogP contribution in [0.15, 0.2) is 28.7 Å². The van der Waals surface area contributed by atoms with Crippen LogP contribution in [0, 0.1) is 0 Å². The summed E-state index contributed by atoms with van der Waals surface area (Å²) in [4.78, 5) is 0. The van der Waals surface area contributed by atoms with Crippen LogP contribution in [-0.2, 0) is 6.42 Å². The number of aryl methyl sites for hydroxylation is 1. The minimum atomic E-state index is -0.755. The van der Waals surface area contributed by atoms with E-state index in [-0.39, 0.29) is 0 Å². The highest BCUT2D eigenvalue weighted by Gasteiger charge is 2.17. The van der Waals surface area contributed by atoms with Crippen LogP contribution >= 0.6 is 15.9 Å². The number of nitrogens with two attached hydrogens (primary N) is 1. The van der Waals surface area contributed by atoms with E-state index in [2.05, 4.69) is 22.0 Å². The molecule has 0 radical (unpaired) electrons. The minimum absolute atomic E-state index is 0.303. The summed E-state index contributed by atoms with van der Waals surface area (Å²) in [5.74, 6) is 0. The summed E-state index contributed by atoms with van der Waals surface area (Å²) in [7, 11) is 0. The number of halogens is 1. The Kier molecular flexibility index (Phi) is 4.11. The van der Waals surface area contributed by atoms with E-state index in [0.29, 0.717) is 13.0 Å². The zero-order valence-corrected chi connectivity index (χ0v) is 9.92. The molecule has 0 aromatic heterocycles. The van der Waals surface area contributed by atoms with Crippen molar-refractivity contribution in [3.05, 3.63) is 34.3 Å². The van der Waals surface area contributed by atoms with Gasteiger partial charge < -0.3 is 10.8 Å². The normalized spacial score (nSPS) is 15.1. The summed E-state index contributed by atoms with van der Waals surface area (Å²) in [5, 5.41) is 9.74. The first kappa shape index (κ1) is 11.7. The Balaban J connectivity index is 2.58. The van der Waals surface area contributed by atoms with Gasteiger partial charge in [0.05, 0.1) is 5.60 Å². The molecule has 1 unspecified atom stereocenters. The third-order valence-corrected chi connectivity index (χ3v) is 3.10. The molecule has 0 aliphatic heterocycles. The van der Waals surface area contributed by atoms with Crippen LogP contribution in [0.4, 0.5) is 0 Å². The predicted octanol–water partition coefficient (Wildman–Crippen LogP) is 2.09. The maximum Gasteiger partial charge on any atom is 0.0744 e. The van der Waals surface area contributed by atoms with Crippen LogP contribution < -0.4 is 5.73 Å². The average Bonchev–Trinajstić information content (AvgIpc) is 2.17. The molecule has 0 spiro atoms. The van der Waals surface area contributed by atoms with Crippen LogP contribution in [-0.4, -0.2) is 17.3 Å². The van der Waals surface area contributed by atoms with Gasteiger partial charge in [-0.25, -0.2) is 0 Å². The Morgan fingerprint density at radius 3 is 2.64 bits per heavy atom. The zero-order valence-electron chi connectivity index (χ0n) is 8.33. The van der Waals surface area contributed by atoms with Crippen LogP contribution in [0.2, 0.25) is 0 Å². The zero-order chi connectivity index (χ0) is 10.6. The van der Waals surface area contributed by atoms with Gasteiger partial charge in [-0.1, -0.05) is 34.1 Å². The van der Waals surface area contributed by atoms with Gasteiger partial charge in [-0.15, -0.1) is 0 Å². The Hall–Kier alpha value is -0.380. The SMILES string of the molecule is CC(O)(CN)CCc1ccccc1Br. The monoisotopic (exact) mass is 257 g/mol. The van der Waals surface area contributed by atoms with Gasteiger partial charge in [-0.2, -0.15) is 0 Å². The van der Waals surface area contributed by atoms with Crippen molar-refractivity contribution in [3.8, 4) is 0 Å². The summed E-state index contributed by atoms with van der Waals surface area (Å²) in [5.41, 5.74) is 5.90. The van der Waals surface area contributed by atoms with Crippen molar-refractivity contribution in [1.29, 1.82) is 0 Å². The minimum Gasteiger partial charge on any atom is -0.389 e. The molecule has 78 valence electrons. The molecular formula is C11H16BrNO. The first-order valence-corrected chi connectivity index (χ1v) is 5.50. The van der Waals surface area contributed by atoms with Gasteiger partial charge in [-0.05, 0) is 31.4 Å². The van der Waals surface area contributed by atoms with E-state index in [4.69, 9.17) is 5.73 Å².